The Bertz CT molecular complexity index is 1600. The van der Waals surface area contributed by atoms with Gasteiger partial charge in [-0.15, -0.1) is 0 Å². The molecule has 2 N–H and O–H groups in total. The highest BCUT2D eigenvalue weighted by atomic mass is 32.2. The second kappa shape index (κ2) is 10.1. The number of sulfonamides is 1. The Morgan fingerprint density at radius 2 is 1.61 bits per heavy atom. The fourth-order valence-electron chi connectivity index (χ4n) is 3.64. The van der Waals surface area contributed by atoms with E-state index in [0.29, 0.717) is 22.2 Å². The fourth-order valence-corrected chi connectivity index (χ4v) is 4.90. The van der Waals surface area contributed by atoms with Crippen LogP contribution in [0.25, 0.3) is 10.8 Å². The molecule has 0 radical (unpaired) electrons. The zero-order valence-electron chi connectivity index (χ0n) is 19.8. The minimum Gasteiger partial charge on any atom is -0.497 e. The van der Waals surface area contributed by atoms with Crippen molar-refractivity contribution < 1.29 is 22.7 Å². The molecule has 0 saturated heterocycles. The highest BCUT2D eigenvalue weighted by molar-refractivity contribution is 7.92. The summed E-state index contributed by atoms with van der Waals surface area (Å²) in [5, 5.41) is 7.66. The van der Waals surface area contributed by atoms with Crippen molar-refractivity contribution in [2.45, 2.75) is 18.4 Å². The molecule has 0 aliphatic carbocycles. The number of hydrogen-bond donors (Lipinski definition) is 2. The van der Waals surface area contributed by atoms with E-state index in [1.165, 1.54) is 37.1 Å². The Morgan fingerprint density at radius 1 is 0.944 bits per heavy atom. The first-order valence-electron chi connectivity index (χ1n) is 10.9. The van der Waals surface area contributed by atoms with E-state index >= 15 is 0 Å². The van der Waals surface area contributed by atoms with Gasteiger partial charge < -0.3 is 14.8 Å². The molecule has 0 aliphatic heterocycles. The van der Waals surface area contributed by atoms with Crippen molar-refractivity contribution >= 4 is 38.1 Å². The number of nitrogens with one attached hydrogen (secondary N) is 2. The number of ether oxygens (including phenoxy) is 2. The van der Waals surface area contributed by atoms with Crippen molar-refractivity contribution in [1.82, 2.24) is 9.78 Å². The molecular weight excluding hydrogens is 484 g/mol. The molecule has 0 atom stereocenters. The number of amides is 1. The van der Waals surface area contributed by atoms with E-state index in [0.717, 1.165) is 0 Å². The Hall–Kier alpha value is -4.38. The molecule has 0 fully saturated rings. The van der Waals surface area contributed by atoms with Gasteiger partial charge in [-0.25, -0.2) is 13.1 Å². The van der Waals surface area contributed by atoms with Crippen LogP contribution in [0.1, 0.15) is 17.4 Å². The van der Waals surface area contributed by atoms with Crippen molar-refractivity contribution in [3.63, 3.8) is 0 Å². The van der Waals surface area contributed by atoms with Gasteiger partial charge in [-0.05, 0) is 55.5 Å². The minimum absolute atomic E-state index is 0.0450. The summed E-state index contributed by atoms with van der Waals surface area (Å²) >= 11 is 0. The summed E-state index contributed by atoms with van der Waals surface area (Å²) in [6, 6.07) is 17.3. The Balaban J connectivity index is 1.69. The second-order valence-corrected chi connectivity index (χ2v) is 9.32. The monoisotopic (exact) mass is 508 g/mol. The van der Waals surface area contributed by atoms with Crippen LogP contribution in [0, 0.1) is 0 Å². The number of hydrogen-bond acceptors (Lipinski definition) is 7. The van der Waals surface area contributed by atoms with E-state index in [4.69, 9.17) is 9.47 Å². The molecule has 10 nitrogen and oxygen atoms in total. The molecule has 1 heterocycles. The molecule has 1 amide bonds. The first-order chi connectivity index (χ1) is 17.3. The Labute approximate surface area is 207 Å². The van der Waals surface area contributed by atoms with E-state index < -0.39 is 15.9 Å². The van der Waals surface area contributed by atoms with E-state index in [9.17, 15) is 18.0 Å². The molecule has 11 heteroatoms. The standard InChI is InChI=1S/C25H24N4O6S/c1-4-29-25(31)20-8-6-5-7-19(20)23(27-29)24(30)26-17-11-14-21(35-3)22(15-17)36(32,33)28-16-9-12-18(34-2)13-10-16/h5-15,28H,4H2,1-3H3,(H,26,30). The quantitative estimate of drug-likeness (QED) is 0.373. The highest BCUT2D eigenvalue weighted by Gasteiger charge is 2.22. The lowest BCUT2D eigenvalue weighted by Gasteiger charge is -2.14. The van der Waals surface area contributed by atoms with Crippen LogP contribution in [0.3, 0.4) is 0 Å². The number of nitrogens with zero attached hydrogens (tertiary/aromatic N) is 2. The number of aryl methyl sites for hydroxylation is 1. The molecule has 36 heavy (non-hydrogen) atoms. The number of aromatic nitrogens is 2. The summed E-state index contributed by atoms with van der Waals surface area (Å²) in [5.74, 6) is 0.0814. The average Bonchev–Trinajstić information content (AvgIpc) is 2.89. The van der Waals surface area contributed by atoms with E-state index in [2.05, 4.69) is 15.1 Å². The van der Waals surface area contributed by atoms with Gasteiger partial charge in [0.15, 0.2) is 5.69 Å². The molecular formula is C25H24N4O6S. The van der Waals surface area contributed by atoms with Crippen molar-refractivity contribution in [3.8, 4) is 11.5 Å². The van der Waals surface area contributed by atoms with Crippen molar-refractivity contribution in [2.75, 3.05) is 24.3 Å². The summed E-state index contributed by atoms with van der Waals surface area (Å²) in [5.41, 5.74) is 0.275. The molecule has 1 aromatic heterocycles. The van der Waals surface area contributed by atoms with Gasteiger partial charge in [-0.1, -0.05) is 18.2 Å². The molecule has 0 aliphatic rings. The van der Waals surface area contributed by atoms with Crippen molar-refractivity contribution in [3.05, 3.63) is 82.8 Å². The lowest BCUT2D eigenvalue weighted by molar-refractivity contribution is 0.102. The normalized spacial score (nSPS) is 11.2. The number of methoxy groups -OCH3 is 2. The van der Waals surface area contributed by atoms with Gasteiger partial charge in [-0.2, -0.15) is 5.10 Å². The predicted molar refractivity (Wildman–Crippen MR) is 136 cm³/mol. The zero-order chi connectivity index (χ0) is 25.9. The zero-order valence-corrected chi connectivity index (χ0v) is 20.6. The van der Waals surface area contributed by atoms with Gasteiger partial charge >= 0.3 is 0 Å². The topological polar surface area (TPSA) is 129 Å². The third-order valence-electron chi connectivity index (χ3n) is 5.44. The van der Waals surface area contributed by atoms with Crippen LogP contribution in [0.15, 0.2) is 76.4 Å². The maximum Gasteiger partial charge on any atom is 0.276 e. The summed E-state index contributed by atoms with van der Waals surface area (Å²) in [7, 11) is -1.21. The van der Waals surface area contributed by atoms with Crippen LogP contribution in [-0.4, -0.2) is 38.3 Å². The van der Waals surface area contributed by atoms with E-state index in [1.807, 2.05) is 0 Å². The third kappa shape index (κ3) is 4.86. The lowest BCUT2D eigenvalue weighted by atomic mass is 10.1. The Kier molecular flexibility index (Phi) is 6.93. The predicted octanol–water partition coefficient (Wildman–Crippen LogP) is 3.49. The number of fused-ring (bicyclic) bond motifs is 1. The minimum atomic E-state index is -4.08. The molecule has 4 rings (SSSR count). The molecule has 3 aromatic carbocycles. The van der Waals surface area contributed by atoms with Crippen molar-refractivity contribution in [1.29, 1.82) is 0 Å². The van der Waals surface area contributed by atoms with Gasteiger partial charge in [-0.3, -0.25) is 14.3 Å². The van der Waals surface area contributed by atoms with Crippen LogP contribution >= 0.6 is 0 Å². The largest absolute Gasteiger partial charge is 0.497 e. The van der Waals surface area contributed by atoms with Gasteiger partial charge in [0.05, 0.1) is 19.6 Å². The van der Waals surface area contributed by atoms with E-state index in [1.54, 1.807) is 55.5 Å². The average molecular weight is 509 g/mol. The van der Waals surface area contributed by atoms with Crippen LogP contribution in [0.5, 0.6) is 11.5 Å². The second-order valence-electron chi connectivity index (χ2n) is 7.67. The van der Waals surface area contributed by atoms with Crippen LogP contribution in [0.2, 0.25) is 0 Å². The fraction of sp³-hybridized carbons (Fsp3) is 0.160. The summed E-state index contributed by atoms with van der Waals surface area (Å²) in [6.07, 6.45) is 0. The summed E-state index contributed by atoms with van der Waals surface area (Å²) < 4.78 is 40.4. The van der Waals surface area contributed by atoms with Gasteiger partial charge in [0, 0.05) is 23.3 Å². The summed E-state index contributed by atoms with van der Waals surface area (Å²) in [6.45, 7) is 2.03. The highest BCUT2D eigenvalue weighted by Crippen LogP contribution is 2.29. The number of carbonyl (C=O) groups excluding carboxylic acids is 1. The maximum absolute atomic E-state index is 13.2. The van der Waals surface area contributed by atoms with Crippen molar-refractivity contribution in [2.24, 2.45) is 0 Å². The molecule has 186 valence electrons. The molecule has 0 saturated carbocycles. The lowest BCUT2D eigenvalue weighted by Crippen LogP contribution is -2.27. The Morgan fingerprint density at radius 3 is 2.25 bits per heavy atom. The summed E-state index contributed by atoms with van der Waals surface area (Å²) in [4.78, 5) is 25.6. The number of carbonyl (C=O) groups is 1. The van der Waals surface area contributed by atoms with Crippen LogP contribution in [-0.2, 0) is 16.6 Å². The number of benzene rings is 3. The third-order valence-corrected chi connectivity index (χ3v) is 6.84. The smallest absolute Gasteiger partial charge is 0.276 e. The number of rotatable bonds is 8. The van der Waals surface area contributed by atoms with Gasteiger partial charge in [0.2, 0.25) is 0 Å². The maximum atomic E-state index is 13.2. The van der Waals surface area contributed by atoms with Crippen LogP contribution in [0.4, 0.5) is 11.4 Å². The SMILES string of the molecule is CCn1nc(C(=O)Nc2ccc(OC)c(S(=O)(=O)Nc3ccc(OC)cc3)c2)c2ccccc2c1=O. The molecule has 4 aromatic rings. The number of anilines is 2. The first-order valence-corrected chi connectivity index (χ1v) is 12.4. The molecule has 0 spiro atoms. The van der Waals surface area contributed by atoms with Gasteiger partial charge in [0.1, 0.15) is 16.4 Å². The van der Waals surface area contributed by atoms with Gasteiger partial charge in [0.25, 0.3) is 21.5 Å². The molecule has 0 bridgehead atoms. The molecule has 0 unspecified atom stereocenters. The van der Waals surface area contributed by atoms with E-state index in [-0.39, 0.29) is 34.1 Å². The van der Waals surface area contributed by atoms with Crippen LogP contribution < -0.4 is 25.1 Å². The first kappa shape index (κ1) is 24.7.